The second-order valence-corrected chi connectivity index (χ2v) is 5.00. The first-order chi connectivity index (χ1) is 6.66. The number of methoxy groups -OCH3 is 2. The molecule has 0 radical (unpaired) electrons. The Morgan fingerprint density at radius 2 is 2.07 bits per heavy atom. The highest BCUT2D eigenvalue weighted by atomic mass is 28.1. The molecule has 2 atom stereocenters. The van der Waals surface area contributed by atoms with Gasteiger partial charge >= 0.3 is 0 Å². The summed E-state index contributed by atoms with van der Waals surface area (Å²) in [7, 11) is 4.11. The first-order valence-corrected chi connectivity index (χ1v) is 5.99. The summed E-state index contributed by atoms with van der Waals surface area (Å²) in [5.74, 6) is 0. The van der Waals surface area contributed by atoms with Gasteiger partial charge in [0.2, 0.25) is 0 Å². The van der Waals surface area contributed by atoms with Crippen molar-refractivity contribution in [3.63, 3.8) is 0 Å². The van der Waals surface area contributed by atoms with Crippen molar-refractivity contribution in [1.82, 2.24) is 0 Å². The summed E-state index contributed by atoms with van der Waals surface area (Å²) < 4.78 is 21.5. The highest BCUT2D eigenvalue weighted by Gasteiger charge is 2.35. The van der Waals surface area contributed by atoms with E-state index in [9.17, 15) is 0 Å². The average Bonchev–Trinajstić information content (AvgIpc) is 3.02. The molecule has 0 aromatic rings. The largest absolute Gasteiger partial charge is 0.371 e. The summed E-state index contributed by atoms with van der Waals surface area (Å²) in [6, 6.07) is 0. The molecular weight excluding hydrogens is 200 g/mol. The smallest absolute Gasteiger partial charge is 0.165 e. The van der Waals surface area contributed by atoms with Gasteiger partial charge in [0.1, 0.15) is 12.2 Å². The quantitative estimate of drug-likeness (QED) is 0.329. The van der Waals surface area contributed by atoms with Crippen molar-refractivity contribution in [2.45, 2.75) is 31.0 Å². The Balaban J connectivity index is 2.39. The zero-order valence-corrected chi connectivity index (χ0v) is 11.4. The molecule has 14 heavy (non-hydrogen) atoms. The van der Waals surface area contributed by atoms with Gasteiger partial charge < -0.3 is 18.9 Å². The molecule has 84 valence electrons. The van der Waals surface area contributed by atoms with E-state index in [1.54, 1.807) is 14.2 Å². The summed E-state index contributed by atoms with van der Waals surface area (Å²) in [6.45, 7) is 3.54. The van der Waals surface area contributed by atoms with Crippen LogP contribution >= 0.6 is 0 Å². The van der Waals surface area contributed by atoms with Crippen molar-refractivity contribution in [2.24, 2.45) is 0 Å². The Bertz CT molecular complexity index is 168. The standard InChI is InChI=1S/C9H20O4Si/c1-4-8(9(14,10-2)11-3)13-6-7-5-12-7/h7-8H,4-6H2,1-3,14H3. The highest BCUT2D eigenvalue weighted by molar-refractivity contribution is 6.13. The van der Waals surface area contributed by atoms with Crippen molar-refractivity contribution < 1.29 is 18.9 Å². The molecule has 0 bridgehead atoms. The van der Waals surface area contributed by atoms with E-state index in [2.05, 4.69) is 6.92 Å². The molecule has 1 heterocycles. The van der Waals surface area contributed by atoms with Gasteiger partial charge in [-0.15, -0.1) is 0 Å². The molecule has 4 nitrogen and oxygen atoms in total. The lowest BCUT2D eigenvalue weighted by Crippen LogP contribution is -2.48. The molecule has 1 aliphatic heterocycles. The Kier molecular flexibility index (Phi) is 4.53. The third-order valence-electron chi connectivity index (χ3n) is 2.65. The van der Waals surface area contributed by atoms with Gasteiger partial charge in [-0.05, 0) is 6.42 Å². The van der Waals surface area contributed by atoms with Gasteiger partial charge in [-0.3, -0.25) is 0 Å². The molecule has 0 amide bonds. The summed E-state index contributed by atoms with van der Waals surface area (Å²) >= 11 is 0. The number of hydrogen-bond acceptors (Lipinski definition) is 4. The molecule has 1 saturated heterocycles. The molecule has 0 aromatic heterocycles. The molecule has 0 saturated carbocycles. The maximum Gasteiger partial charge on any atom is 0.165 e. The van der Waals surface area contributed by atoms with Crippen LogP contribution in [0.1, 0.15) is 13.3 Å². The third-order valence-corrected chi connectivity index (χ3v) is 4.11. The second kappa shape index (κ2) is 5.23. The van der Waals surface area contributed by atoms with E-state index in [1.165, 1.54) is 0 Å². The van der Waals surface area contributed by atoms with Crippen molar-refractivity contribution in [3.05, 3.63) is 0 Å². The highest BCUT2D eigenvalue weighted by Crippen LogP contribution is 2.20. The first kappa shape index (κ1) is 12.1. The number of ether oxygens (including phenoxy) is 4. The van der Waals surface area contributed by atoms with Gasteiger partial charge in [-0.2, -0.15) is 0 Å². The van der Waals surface area contributed by atoms with Crippen LogP contribution in [-0.4, -0.2) is 55.3 Å². The Hall–Kier alpha value is 0.0569. The van der Waals surface area contributed by atoms with Crippen LogP contribution < -0.4 is 0 Å². The topological polar surface area (TPSA) is 40.2 Å². The zero-order valence-electron chi connectivity index (χ0n) is 9.41. The Labute approximate surface area is 88.3 Å². The maximum atomic E-state index is 5.72. The van der Waals surface area contributed by atoms with Gasteiger partial charge in [-0.1, -0.05) is 6.92 Å². The second-order valence-electron chi connectivity index (χ2n) is 3.61. The summed E-state index contributed by atoms with van der Waals surface area (Å²) in [5, 5.41) is 0. The van der Waals surface area contributed by atoms with Gasteiger partial charge in [-0.25, -0.2) is 0 Å². The molecule has 5 heteroatoms. The molecule has 1 aliphatic rings. The van der Waals surface area contributed by atoms with Crippen LogP contribution in [0.4, 0.5) is 0 Å². The lowest BCUT2D eigenvalue weighted by atomic mass is 10.2. The van der Waals surface area contributed by atoms with Gasteiger partial charge in [0.05, 0.1) is 23.5 Å². The van der Waals surface area contributed by atoms with Gasteiger partial charge in [0.15, 0.2) is 5.41 Å². The number of epoxide rings is 1. The minimum absolute atomic E-state index is 0.00775. The fraction of sp³-hybridized carbons (Fsp3) is 1.00. The minimum Gasteiger partial charge on any atom is -0.371 e. The molecule has 0 aromatic carbocycles. The molecular formula is C9H20O4Si. The maximum absolute atomic E-state index is 5.72. The van der Waals surface area contributed by atoms with Crippen LogP contribution in [0.25, 0.3) is 0 Å². The third kappa shape index (κ3) is 3.03. The minimum atomic E-state index is -0.524. The van der Waals surface area contributed by atoms with Crippen LogP contribution in [0.5, 0.6) is 0 Å². The normalized spacial score (nSPS) is 23.8. The van der Waals surface area contributed by atoms with E-state index >= 15 is 0 Å². The van der Waals surface area contributed by atoms with Crippen molar-refractivity contribution in [3.8, 4) is 0 Å². The van der Waals surface area contributed by atoms with Crippen molar-refractivity contribution in [1.29, 1.82) is 0 Å². The van der Waals surface area contributed by atoms with Crippen LogP contribution in [0.15, 0.2) is 0 Å². The zero-order chi connectivity index (χ0) is 10.6. The lowest BCUT2D eigenvalue weighted by Gasteiger charge is -2.34. The predicted octanol–water partition coefficient (Wildman–Crippen LogP) is -0.508. The van der Waals surface area contributed by atoms with Crippen LogP contribution in [0, 0.1) is 0 Å². The van der Waals surface area contributed by atoms with E-state index < -0.39 is 5.41 Å². The summed E-state index contributed by atoms with van der Waals surface area (Å²) in [4.78, 5) is 0. The summed E-state index contributed by atoms with van der Waals surface area (Å²) in [5.41, 5.74) is -0.524. The van der Waals surface area contributed by atoms with Crippen molar-refractivity contribution in [2.75, 3.05) is 27.4 Å². The molecule has 1 fully saturated rings. The number of rotatable bonds is 7. The monoisotopic (exact) mass is 220 g/mol. The summed E-state index contributed by atoms with van der Waals surface area (Å²) in [6.07, 6.45) is 1.19. The van der Waals surface area contributed by atoms with E-state index in [4.69, 9.17) is 18.9 Å². The van der Waals surface area contributed by atoms with Crippen LogP contribution in [-0.2, 0) is 18.9 Å². The number of hydrogen-bond donors (Lipinski definition) is 0. The lowest BCUT2D eigenvalue weighted by molar-refractivity contribution is -0.215. The molecule has 0 aliphatic carbocycles. The van der Waals surface area contributed by atoms with E-state index in [-0.39, 0.29) is 6.10 Å². The van der Waals surface area contributed by atoms with Crippen LogP contribution in [0.2, 0.25) is 0 Å². The molecule has 2 unspecified atom stereocenters. The fourth-order valence-corrected chi connectivity index (χ4v) is 1.95. The Morgan fingerprint density at radius 1 is 1.50 bits per heavy atom. The van der Waals surface area contributed by atoms with E-state index in [0.29, 0.717) is 12.7 Å². The van der Waals surface area contributed by atoms with Crippen LogP contribution in [0.3, 0.4) is 0 Å². The molecule has 0 spiro atoms. The molecule has 0 N–H and O–H groups in total. The van der Waals surface area contributed by atoms with Crippen molar-refractivity contribution >= 4 is 10.2 Å². The predicted molar refractivity (Wildman–Crippen MR) is 56.5 cm³/mol. The van der Waals surface area contributed by atoms with E-state index in [1.807, 2.05) is 0 Å². The first-order valence-electron chi connectivity index (χ1n) is 4.99. The molecule has 1 rings (SSSR count). The van der Waals surface area contributed by atoms with E-state index in [0.717, 1.165) is 23.3 Å². The Morgan fingerprint density at radius 3 is 2.43 bits per heavy atom. The average molecular weight is 220 g/mol. The van der Waals surface area contributed by atoms with Gasteiger partial charge in [0, 0.05) is 14.2 Å². The fourth-order valence-electron chi connectivity index (χ4n) is 1.37. The van der Waals surface area contributed by atoms with Gasteiger partial charge in [0.25, 0.3) is 0 Å². The SMILES string of the molecule is CCC(OCC1CO1)C([SiH3])(OC)OC.